The number of aromatic amines is 1. The number of phenolic OH excluding ortho intramolecular Hbond substituents is 1. The number of aromatic hydroxyl groups is 1. The van der Waals surface area contributed by atoms with Crippen LogP contribution in [-0.2, 0) is 4.79 Å². The second kappa shape index (κ2) is 6.05. The Balaban J connectivity index is 1.85. The second-order valence-corrected chi connectivity index (χ2v) is 7.44. The number of hydrogen-bond acceptors (Lipinski definition) is 4. The zero-order valence-corrected chi connectivity index (χ0v) is 13.9. The molecule has 3 N–H and O–H groups in total. The summed E-state index contributed by atoms with van der Waals surface area (Å²) in [5.74, 6) is 0.925. The van der Waals surface area contributed by atoms with E-state index in [1.165, 1.54) is 11.8 Å². The lowest BCUT2D eigenvalue weighted by molar-refractivity contribution is -0.113. The molecule has 1 aromatic heterocycles. The molecule has 126 valence electrons. The number of anilines is 1. The molecule has 0 radical (unpaired) electrons. The van der Waals surface area contributed by atoms with Gasteiger partial charge in [-0.3, -0.25) is 19.4 Å². The molecule has 2 aromatic rings. The minimum absolute atomic E-state index is 0.102. The van der Waals surface area contributed by atoms with E-state index in [9.17, 15) is 14.7 Å². The van der Waals surface area contributed by atoms with Crippen LogP contribution in [0.25, 0.3) is 0 Å². The molecule has 1 aliphatic heterocycles. The van der Waals surface area contributed by atoms with Gasteiger partial charge in [0.05, 0.1) is 22.6 Å². The first kappa shape index (κ1) is 15.4. The largest absolute Gasteiger partial charge is 0.508 e. The third-order valence-electron chi connectivity index (χ3n) is 4.73. The summed E-state index contributed by atoms with van der Waals surface area (Å²) in [5, 5.41) is 15.3. The fourth-order valence-electron chi connectivity index (χ4n) is 3.63. The first-order valence-electron chi connectivity index (χ1n) is 8.18. The molecule has 1 amide bonds. The van der Waals surface area contributed by atoms with Crippen LogP contribution < -0.4 is 10.9 Å². The molecule has 24 heavy (non-hydrogen) atoms. The number of H-pyrrole nitrogens is 1. The third-order valence-corrected chi connectivity index (χ3v) is 6.00. The SMILES string of the molecule is O=C1CSC(c2cccc(O)c2)c2c(n(C3CCCC3)[nH]c2=O)N1. The van der Waals surface area contributed by atoms with Gasteiger partial charge in [-0.1, -0.05) is 25.0 Å². The van der Waals surface area contributed by atoms with E-state index in [0.29, 0.717) is 11.4 Å². The Morgan fingerprint density at radius 3 is 2.75 bits per heavy atom. The van der Waals surface area contributed by atoms with Gasteiger partial charge in [0, 0.05) is 0 Å². The van der Waals surface area contributed by atoms with E-state index in [-0.39, 0.29) is 34.3 Å². The lowest BCUT2D eigenvalue weighted by atomic mass is 10.1. The van der Waals surface area contributed by atoms with Crippen LogP contribution in [0.4, 0.5) is 5.82 Å². The highest BCUT2D eigenvalue weighted by Crippen LogP contribution is 2.42. The number of rotatable bonds is 2. The fourth-order valence-corrected chi connectivity index (χ4v) is 4.75. The van der Waals surface area contributed by atoms with Crippen molar-refractivity contribution in [1.29, 1.82) is 0 Å². The Labute approximate surface area is 143 Å². The molecular formula is C17H19N3O3S. The van der Waals surface area contributed by atoms with E-state index in [1.54, 1.807) is 18.2 Å². The molecule has 1 aliphatic carbocycles. The smallest absolute Gasteiger partial charge is 0.270 e. The summed E-state index contributed by atoms with van der Waals surface area (Å²) in [4.78, 5) is 24.8. The molecule has 2 aliphatic rings. The van der Waals surface area contributed by atoms with Crippen molar-refractivity contribution in [2.45, 2.75) is 37.0 Å². The van der Waals surface area contributed by atoms with Crippen molar-refractivity contribution in [1.82, 2.24) is 9.78 Å². The van der Waals surface area contributed by atoms with Crippen molar-refractivity contribution in [3.8, 4) is 5.75 Å². The first-order valence-corrected chi connectivity index (χ1v) is 9.23. The lowest BCUT2D eigenvalue weighted by Gasteiger charge is -2.16. The van der Waals surface area contributed by atoms with Crippen LogP contribution in [0, 0.1) is 0 Å². The summed E-state index contributed by atoms with van der Waals surface area (Å²) in [7, 11) is 0. The molecule has 1 saturated carbocycles. The van der Waals surface area contributed by atoms with Gasteiger partial charge in [0.15, 0.2) is 0 Å². The zero-order chi connectivity index (χ0) is 16.7. The monoisotopic (exact) mass is 345 g/mol. The van der Waals surface area contributed by atoms with E-state index in [1.807, 2.05) is 10.7 Å². The number of carbonyl (C=O) groups is 1. The van der Waals surface area contributed by atoms with Crippen LogP contribution in [0.2, 0.25) is 0 Å². The van der Waals surface area contributed by atoms with Crippen molar-refractivity contribution >= 4 is 23.5 Å². The maximum atomic E-state index is 12.7. The van der Waals surface area contributed by atoms with Gasteiger partial charge in [-0.2, -0.15) is 0 Å². The zero-order valence-electron chi connectivity index (χ0n) is 13.1. The van der Waals surface area contributed by atoms with E-state index < -0.39 is 0 Å². The predicted octanol–water partition coefficient (Wildman–Crippen LogP) is 2.77. The molecule has 4 rings (SSSR count). The van der Waals surface area contributed by atoms with Gasteiger partial charge < -0.3 is 10.4 Å². The molecule has 0 bridgehead atoms. The average molecular weight is 345 g/mol. The molecule has 0 spiro atoms. The Morgan fingerprint density at radius 1 is 1.21 bits per heavy atom. The molecule has 1 unspecified atom stereocenters. The average Bonchev–Trinajstić information content (AvgIpc) is 3.13. The molecule has 1 fully saturated rings. The van der Waals surface area contributed by atoms with Gasteiger partial charge in [0.2, 0.25) is 5.91 Å². The normalized spacial score (nSPS) is 21.3. The summed E-state index contributed by atoms with van der Waals surface area (Å²) < 4.78 is 1.85. The van der Waals surface area contributed by atoms with E-state index in [2.05, 4.69) is 10.4 Å². The number of carbonyl (C=O) groups excluding carboxylic acids is 1. The third kappa shape index (κ3) is 2.62. The minimum atomic E-state index is -0.280. The Bertz CT molecular complexity index is 836. The molecule has 1 atom stereocenters. The summed E-state index contributed by atoms with van der Waals surface area (Å²) in [6.45, 7) is 0. The molecule has 1 aromatic carbocycles. The number of fused-ring (bicyclic) bond motifs is 1. The number of nitrogens with one attached hydrogen (secondary N) is 2. The number of thioether (sulfide) groups is 1. The van der Waals surface area contributed by atoms with Gasteiger partial charge in [-0.15, -0.1) is 11.8 Å². The fraction of sp³-hybridized carbons (Fsp3) is 0.412. The van der Waals surface area contributed by atoms with Crippen LogP contribution in [0.15, 0.2) is 29.1 Å². The first-order chi connectivity index (χ1) is 11.6. The van der Waals surface area contributed by atoms with Crippen LogP contribution in [0.3, 0.4) is 0 Å². The molecule has 2 heterocycles. The number of aromatic nitrogens is 2. The lowest BCUT2D eigenvalue weighted by Crippen LogP contribution is -2.18. The van der Waals surface area contributed by atoms with Crippen molar-refractivity contribution in [3.05, 3.63) is 45.7 Å². The molecule has 7 heteroatoms. The second-order valence-electron chi connectivity index (χ2n) is 6.35. The van der Waals surface area contributed by atoms with E-state index >= 15 is 0 Å². The van der Waals surface area contributed by atoms with Gasteiger partial charge in [-0.05, 0) is 30.5 Å². The number of phenols is 1. The number of hydrogen-bond donors (Lipinski definition) is 3. The Hall–Kier alpha value is -2.15. The van der Waals surface area contributed by atoms with Gasteiger partial charge in [0.1, 0.15) is 11.6 Å². The highest BCUT2D eigenvalue weighted by atomic mass is 32.2. The molecule has 0 saturated heterocycles. The molecule has 6 nitrogen and oxygen atoms in total. The van der Waals surface area contributed by atoms with Crippen LogP contribution in [0.5, 0.6) is 5.75 Å². The van der Waals surface area contributed by atoms with E-state index in [4.69, 9.17) is 0 Å². The summed E-state index contributed by atoms with van der Waals surface area (Å²) in [6.07, 6.45) is 4.30. The van der Waals surface area contributed by atoms with Crippen LogP contribution >= 0.6 is 11.8 Å². The number of nitrogens with zero attached hydrogens (tertiary/aromatic N) is 1. The predicted molar refractivity (Wildman–Crippen MR) is 93.6 cm³/mol. The quantitative estimate of drug-likeness (QED) is 0.781. The van der Waals surface area contributed by atoms with Crippen LogP contribution in [-0.4, -0.2) is 26.5 Å². The topological polar surface area (TPSA) is 87.1 Å². The maximum Gasteiger partial charge on any atom is 0.270 e. The number of amides is 1. The number of benzene rings is 1. The highest BCUT2D eigenvalue weighted by Gasteiger charge is 2.32. The summed E-state index contributed by atoms with van der Waals surface area (Å²) in [6, 6.07) is 7.12. The van der Waals surface area contributed by atoms with Crippen molar-refractivity contribution in [2.75, 3.05) is 11.1 Å². The Morgan fingerprint density at radius 2 is 2.00 bits per heavy atom. The van der Waals surface area contributed by atoms with Gasteiger partial charge >= 0.3 is 0 Å². The highest BCUT2D eigenvalue weighted by molar-refractivity contribution is 8.00. The summed E-state index contributed by atoms with van der Waals surface area (Å²) >= 11 is 1.41. The van der Waals surface area contributed by atoms with Crippen molar-refractivity contribution in [3.63, 3.8) is 0 Å². The van der Waals surface area contributed by atoms with Crippen LogP contribution in [0.1, 0.15) is 48.1 Å². The Kier molecular flexibility index (Phi) is 3.88. The molecular weight excluding hydrogens is 326 g/mol. The maximum absolute atomic E-state index is 12.7. The minimum Gasteiger partial charge on any atom is -0.508 e. The summed E-state index contributed by atoms with van der Waals surface area (Å²) in [5.41, 5.74) is 1.23. The van der Waals surface area contributed by atoms with E-state index in [0.717, 1.165) is 31.2 Å². The standard InChI is InChI=1S/C17H19N3O3S/c21-12-7-3-4-10(8-12)15-14-16(18-13(22)9-24-15)20(19-17(14)23)11-5-1-2-6-11/h3-4,7-8,11,15,21H,1-2,5-6,9H2,(H,18,22)(H,19,23). The van der Waals surface area contributed by atoms with Gasteiger partial charge in [0.25, 0.3) is 5.56 Å². The van der Waals surface area contributed by atoms with Gasteiger partial charge in [-0.25, -0.2) is 0 Å². The van der Waals surface area contributed by atoms with Crippen molar-refractivity contribution in [2.24, 2.45) is 0 Å². The van der Waals surface area contributed by atoms with Crippen molar-refractivity contribution < 1.29 is 9.90 Å².